The summed E-state index contributed by atoms with van der Waals surface area (Å²) in [6.45, 7) is 4.10. The molecule has 5 rings (SSSR count). The largest absolute Gasteiger partial charge is 0.484 e. The van der Waals surface area contributed by atoms with Crippen molar-refractivity contribution in [1.29, 1.82) is 0 Å². The number of furan rings is 1. The lowest BCUT2D eigenvalue weighted by atomic mass is 10.2. The average molecular weight is 467 g/mol. The van der Waals surface area contributed by atoms with E-state index in [1.807, 2.05) is 49.6 Å². The molecule has 1 unspecified atom stereocenters. The van der Waals surface area contributed by atoms with Crippen LogP contribution in [0.15, 0.2) is 66.9 Å². The van der Waals surface area contributed by atoms with Gasteiger partial charge >= 0.3 is 0 Å². The molecule has 4 heterocycles. The highest BCUT2D eigenvalue weighted by atomic mass is 32.2. The maximum absolute atomic E-state index is 12.8. The van der Waals surface area contributed by atoms with Crippen LogP contribution in [0.4, 0.5) is 0 Å². The highest BCUT2D eigenvalue weighted by molar-refractivity contribution is 7.99. The van der Waals surface area contributed by atoms with Crippen LogP contribution in [0.5, 0.6) is 5.75 Å². The number of thiophene rings is 1. The summed E-state index contributed by atoms with van der Waals surface area (Å²) in [5.41, 5.74) is 1.65. The summed E-state index contributed by atoms with van der Waals surface area (Å²) in [6.07, 6.45) is 1.58. The van der Waals surface area contributed by atoms with Crippen molar-refractivity contribution < 1.29 is 13.6 Å². The lowest BCUT2D eigenvalue weighted by Gasteiger charge is -2.07. The number of benzene rings is 1. The van der Waals surface area contributed by atoms with E-state index < -0.39 is 0 Å². The summed E-state index contributed by atoms with van der Waals surface area (Å²) >= 11 is 2.73. The number of H-pyrrole nitrogens is 1. The smallest absolute Gasteiger partial charge is 0.277 e. The van der Waals surface area contributed by atoms with Crippen molar-refractivity contribution in [2.45, 2.75) is 30.9 Å². The Hall–Kier alpha value is -3.37. The van der Waals surface area contributed by atoms with Gasteiger partial charge in [-0.2, -0.15) is 0 Å². The van der Waals surface area contributed by atoms with Crippen LogP contribution < -0.4 is 10.3 Å². The molecule has 1 atom stereocenters. The lowest BCUT2D eigenvalue weighted by molar-refractivity contribution is 0.252. The van der Waals surface area contributed by atoms with Gasteiger partial charge in [0.1, 0.15) is 22.2 Å². The Morgan fingerprint density at radius 2 is 2.16 bits per heavy atom. The molecule has 0 fully saturated rings. The van der Waals surface area contributed by atoms with Crippen molar-refractivity contribution >= 4 is 33.3 Å². The van der Waals surface area contributed by atoms with Gasteiger partial charge in [-0.05, 0) is 43.7 Å². The van der Waals surface area contributed by atoms with Crippen LogP contribution in [0, 0.1) is 6.92 Å². The Morgan fingerprint density at radius 1 is 1.25 bits per heavy atom. The van der Waals surface area contributed by atoms with E-state index in [1.165, 1.54) is 23.1 Å². The molecule has 0 radical (unpaired) electrons. The zero-order valence-corrected chi connectivity index (χ0v) is 18.8. The number of hydrogen-bond acceptors (Lipinski definition) is 9. The maximum atomic E-state index is 12.8. The number of nitrogens with zero attached hydrogens (tertiary/aromatic N) is 3. The lowest BCUT2D eigenvalue weighted by Crippen LogP contribution is -2.12. The van der Waals surface area contributed by atoms with Crippen molar-refractivity contribution in [2.75, 3.05) is 0 Å². The van der Waals surface area contributed by atoms with E-state index >= 15 is 0 Å². The molecule has 32 heavy (non-hydrogen) atoms. The van der Waals surface area contributed by atoms with Crippen LogP contribution in [-0.4, -0.2) is 20.2 Å². The normalized spacial score (nSPS) is 12.3. The van der Waals surface area contributed by atoms with Gasteiger partial charge in [0, 0.05) is 10.9 Å². The number of ether oxygens (including phenoxy) is 1. The number of thioether (sulfide) groups is 1. The second kappa shape index (κ2) is 8.64. The molecular formula is C22H18N4O4S2. The molecule has 0 aliphatic heterocycles. The van der Waals surface area contributed by atoms with Crippen LogP contribution >= 0.6 is 23.1 Å². The highest BCUT2D eigenvalue weighted by Gasteiger charge is 2.19. The summed E-state index contributed by atoms with van der Waals surface area (Å²) in [5, 5.41) is 10.7. The molecule has 0 aliphatic rings. The minimum atomic E-state index is -0.206. The molecule has 162 valence electrons. The van der Waals surface area contributed by atoms with Crippen molar-refractivity contribution in [3.05, 3.63) is 75.7 Å². The second-order valence-corrected chi connectivity index (χ2v) is 9.24. The van der Waals surface area contributed by atoms with Gasteiger partial charge in [-0.3, -0.25) is 4.79 Å². The van der Waals surface area contributed by atoms with Gasteiger partial charge in [0.2, 0.25) is 0 Å². The van der Waals surface area contributed by atoms with E-state index in [0.717, 1.165) is 16.9 Å². The van der Waals surface area contributed by atoms with E-state index in [2.05, 4.69) is 20.2 Å². The zero-order chi connectivity index (χ0) is 22.1. The minimum absolute atomic E-state index is 0.178. The molecule has 0 saturated heterocycles. The summed E-state index contributed by atoms with van der Waals surface area (Å²) in [4.78, 5) is 20.9. The van der Waals surface area contributed by atoms with Crippen LogP contribution in [-0.2, 0) is 6.61 Å². The molecule has 0 amide bonds. The Bertz CT molecular complexity index is 1420. The fraction of sp³-hybridized carbons (Fsp3) is 0.182. The molecule has 10 heteroatoms. The van der Waals surface area contributed by atoms with Crippen LogP contribution in [0.25, 0.3) is 21.5 Å². The van der Waals surface area contributed by atoms with E-state index in [1.54, 1.807) is 12.3 Å². The number of hydrogen-bond donors (Lipinski definition) is 1. The SMILES string of the molecule is Cc1cccc(OCc2nnc(SC(C)c3nc4scc(-c5ccco5)c4c(=O)[nH]3)o2)c1. The minimum Gasteiger partial charge on any atom is -0.484 e. The molecule has 0 aliphatic carbocycles. The quantitative estimate of drug-likeness (QED) is 0.319. The Morgan fingerprint density at radius 3 is 2.97 bits per heavy atom. The Labute approximate surface area is 190 Å². The fourth-order valence-corrected chi connectivity index (χ4v) is 4.87. The summed E-state index contributed by atoms with van der Waals surface area (Å²) in [7, 11) is 0. The van der Waals surface area contributed by atoms with E-state index in [0.29, 0.717) is 32.9 Å². The molecular weight excluding hydrogens is 448 g/mol. The first-order valence-corrected chi connectivity index (χ1v) is 11.6. The van der Waals surface area contributed by atoms with E-state index in [9.17, 15) is 4.79 Å². The molecule has 0 saturated carbocycles. The van der Waals surface area contributed by atoms with Crippen molar-refractivity contribution in [3.8, 4) is 17.1 Å². The average Bonchev–Trinajstić information content (AvgIpc) is 3.53. The molecule has 4 aromatic heterocycles. The third kappa shape index (κ3) is 4.19. The highest BCUT2D eigenvalue weighted by Crippen LogP contribution is 2.35. The summed E-state index contributed by atoms with van der Waals surface area (Å²) in [6, 6.07) is 11.4. The van der Waals surface area contributed by atoms with Gasteiger partial charge in [0.25, 0.3) is 16.7 Å². The fourth-order valence-electron chi connectivity index (χ4n) is 3.17. The Balaban J connectivity index is 1.30. The third-order valence-electron chi connectivity index (χ3n) is 4.71. The van der Waals surface area contributed by atoms with Crippen molar-refractivity contribution in [2.24, 2.45) is 0 Å². The number of nitrogens with one attached hydrogen (secondary N) is 1. The molecule has 5 aromatic rings. The number of rotatable bonds is 7. The molecule has 0 bridgehead atoms. The number of fused-ring (bicyclic) bond motifs is 1. The molecule has 0 spiro atoms. The third-order valence-corrected chi connectivity index (χ3v) is 6.53. The predicted molar refractivity (Wildman–Crippen MR) is 122 cm³/mol. The maximum Gasteiger partial charge on any atom is 0.277 e. The van der Waals surface area contributed by atoms with Crippen molar-refractivity contribution in [1.82, 2.24) is 20.2 Å². The molecule has 8 nitrogen and oxygen atoms in total. The first-order chi connectivity index (χ1) is 15.6. The van der Waals surface area contributed by atoms with Gasteiger partial charge in [-0.15, -0.1) is 21.5 Å². The number of aromatic nitrogens is 4. The van der Waals surface area contributed by atoms with Gasteiger partial charge in [-0.25, -0.2) is 4.98 Å². The van der Waals surface area contributed by atoms with Gasteiger partial charge in [0.15, 0.2) is 6.61 Å². The summed E-state index contributed by atoms with van der Waals surface area (Å²) < 4.78 is 16.8. The van der Waals surface area contributed by atoms with Gasteiger partial charge in [-0.1, -0.05) is 23.9 Å². The first-order valence-electron chi connectivity index (χ1n) is 9.80. The van der Waals surface area contributed by atoms with Crippen LogP contribution in [0.1, 0.15) is 29.5 Å². The standard InChI is InChI=1S/C22H18N4O4S2/c1-12-5-3-6-14(9-12)29-10-17-25-26-22(30-17)32-13(2)19-23-20(27)18-15(11-31-21(18)24-19)16-7-4-8-28-16/h3-9,11,13H,10H2,1-2H3,(H,23,24,27). The second-order valence-electron chi connectivity index (χ2n) is 7.08. The van der Waals surface area contributed by atoms with Gasteiger partial charge in [0.05, 0.1) is 16.9 Å². The predicted octanol–water partition coefficient (Wildman–Crippen LogP) is 5.37. The number of aryl methyl sites for hydroxylation is 1. The topological polar surface area (TPSA) is 107 Å². The summed E-state index contributed by atoms with van der Waals surface area (Å²) in [5.74, 6) is 2.30. The van der Waals surface area contributed by atoms with Gasteiger partial charge < -0.3 is 18.6 Å². The number of aromatic amines is 1. The van der Waals surface area contributed by atoms with Crippen molar-refractivity contribution in [3.63, 3.8) is 0 Å². The molecule has 1 N–H and O–H groups in total. The molecule has 1 aromatic carbocycles. The first kappa shape index (κ1) is 20.5. The zero-order valence-electron chi connectivity index (χ0n) is 17.2. The van der Waals surface area contributed by atoms with Crippen LogP contribution in [0.2, 0.25) is 0 Å². The van der Waals surface area contributed by atoms with E-state index in [-0.39, 0.29) is 17.4 Å². The van der Waals surface area contributed by atoms with Crippen LogP contribution in [0.3, 0.4) is 0 Å². The monoisotopic (exact) mass is 466 g/mol. The Kier molecular flexibility index (Phi) is 5.54. The van der Waals surface area contributed by atoms with E-state index in [4.69, 9.17) is 13.6 Å².